The zero-order valence-electron chi connectivity index (χ0n) is 22.8. The lowest BCUT2D eigenvalue weighted by atomic mass is 10.0. The number of para-hydroxylation sites is 2. The highest BCUT2D eigenvalue weighted by Gasteiger charge is 2.31. The van der Waals surface area contributed by atoms with Crippen LogP contribution in [0.15, 0.2) is 60.9 Å². The largest absolute Gasteiger partial charge is 0.480 e. The minimum Gasteiger partial charge on any atom is -0.480 e. The van der Waals surface area contributed by atoms with Gasteiger partial charge in [0, 0.05) is 47.0 Å². The van der Waals surface area contributed by atoms with Gasteiger partial charge >= 0.3 is 5.97 Å². The topological polar surface area (TPSA) is 225 Å². The molecule has 0 spiro atoms. The zero-order chi connectivity index (χ0) is 30.4. The molecule has 4 unspecified atom stereocenters. The molecule has 42 heavy (non-hydrogen) atoms. The second-order valence-corrected chi connectivity index (χ2v) is 10.1. The molecule has 4 aromatic rings. The van der Waals surface area contributed by atoms with E-state index in [0.717, 1.165) is 21.8 Å². The van der Waals surface area contributed by atoms with Crippen LogP contribution in [0.1, 0.15) is 24.5 Å². The van der Waals surface area contributed by atoms with Gasteiger partial charge < -0.3 is 42.5 Å². The normalized spacial score (nSPS) is 14.0. The number of aromatic nitrogens is 2. The van der Waals surface area contributed by atoms with Crippen LogP contribution in [0, 0.1) is 0 Å². The average molecular weight is 576 g/mol. The van der Waals surface area contributed by atoms with Crippen LogP contribution in [0.2, 0.25) is 0 Å². The lowest BCUT2D eigenvalue weighted by Crippen LogP contribution is -2.58. The monoisotopic (exact) mass is 575 g/mol. The number of carboxylic acid groups (broad SMARTS) is 1. The van der Waals surface area contributed by atoms with Crippen LogP contribution in [-0.4, -0.2) is 68.8 Å². The number of hydrogen-bond donors (Lipinski definition) is 8. The summed E-state index contributed by atoms with van der Waals surface area (Å²) in [5, 5.41) is 19.1. The van der Waals surface area contributed by atoms with Gasteiger partial charge in [0.25, 0.3) is 0 Å². The number of hydrogen-bond acceptors (Lipinski definition) is 6. The van der Waals surface area contributed by atoms with Gasteiger partial charge in [0.1, 0.15) is 18.1 Å². The summed E-state index contributed by atoms with van der Waals surface area (Å²) in [4.78, 5) is 69.2. The third kappa shape index (κ3) is 7.12. The Morgan fingerprint density at radius 1 is 0.738 bits per heavy atom. The molecule has 0 aliphatic heterocycles. The number of nitrogens with one attached hydrogen (secondary N) is 5. The van der Waals surface area contributed by atoms with Crippen LogP contribution in [-0.2, 0) is 36.8 Å². The van der Waals surface area contributed by atoms with E-state index in [1.165, 1.54) is 6.92 Å². The Hall–Kier alpha value is -5.17. The average Bonchev–Trinajstić information content (AvgIpc) is 3.55. The van der Waals surface area contributed by atoms with Crippen LogP contribution in [0.25, 0.3) is 21.8 Å². The fraction of sp³-hybridized carbons (Fsp3) is 0.276. The van der Waals surface area contributed by atoms with Crippen molar-refractivity contribution in [3.05, 3.63) is 72.1 Å². The fourth-order valence-electron chi connectivity index (χ4n) is 4.71. The molecule has 4 rings (SSSR count). The molecule has 220 valence electrons. The number of H-pyrrole nitrogens is 2. The number of aromatic amines is 2. The van der Waals surface area contributed by atoms with Gasteiger partial charge in [-0.1, -0.05) is 36.4 Å². The van der Waals surface area contributed by atoms with E-state index < -0.39 is 60.2 Å². The molecule has 2 heterocycles. The number of aliphatic carboxylic acids is 1. The molecule has 2 aromatic heterocycles. The Morgan fingerprint density at radius 3 is 1.69 bits per heavy atom. The minimum absolute atomic E-state index is 0.0203. The van der Waals surface area contributed by atoms with Gasteiger partial charge in [-0.25, -0.2) is 4.79 Å². The molecule has 10 N–H and O–H groups in total. The molecule has 0 saturated carbocycles. The third-order valence-corrected chi connectivity index (χ3v) is 6.90. The van der Waals surface area contributed by atoms with Crippen molar-refractivity contribution in [2.45, 2.75) is 50.4 Å². The summed E-state index contributed by atoms with van der Waals surface area (Å²) < 4.78 is 0. The zero-order valence-corrected chi connectivity index (χ0v) is 22.8. The molecule has 0 saturated heterocycles. The molecule has 0 radical (unpaired) electrons. The Labute approximate surface area is 240 Å². The number of carboxylic acids is 1. The molecule has 0 aliphatic rings. The summed E-state index contributed by atoms with van der Waals surface area (Å²) in [7, 11) is 0. The van der Waals surface area contributed by atoms with Crippen molar-refractivity contribution >= 4 is 51.4 Å². The number of carbonyl (C=O) groups is 5. The van der Waals surface area contributed by atoms with Gasteiger partial charge in [-0.2, -0.15) is 0 Å². The van der Waals surface area contributed by atoms with Crippen LogP contribution in [0.4, 0.5) is 0 Å². The predicted molar refractivity (Wildman–Crippen MR) is 155 cm³/mol. The molecule has 2 aromatic carbocycles. The Bertz CT molecular complexity index is 1620. The van der Waals surface area contributed by atoms with E-state index in [9.17, 15) is 29.1 Å². The van der Waals surface area contributed by atoms with Crippen LogP contribution in [0.3, 0.4) is 0 Å². The quantitative estimate of drug-likeness (QED) is 0.110. The second kappa shape index (κ2) is 13.0. The minimum atomic E-state index is -1.40. The highest BCUT2D eigenvalue weighted by atomic mass is 16.4. The number of carbonyl (C=O) groups excluding carboxylic acids is 4. The van der Waals surface area contributed by atoms with E-state index >= 15 is 0 Å². The maximum atomic E-state index is 13.6. The van der Waals surface area contributed by atoms with E-state index in [0.29, 0.717) is 11.1 Å². The molecule has 0 fully saturated rings. The third-order valence-electron chi connectivity index (χ3n) is 6.90. The molecule has 13 nitrogen and oxygen atoms in total. The van der Waals surface area contributed by atoms with Crippen LogP contribution in [0.5, 0.6) is 0 Å². The lowest BCUT2D eigenvalue weighted by molar-refractivity contribution is -0.142. The van der Waals surface area contributed by atoms with Crippen molar-refractivity contribution in [3.63, 3.8) is 0 Å². The van der Waals surface area contributed by atoms with Gasteiger partial charge in [-0.15, -0.1) is 0 Å². The SMILES string of the molecule is CC(N)C(=O)NC(CC(N)=O)C(=O)NC(Cc1c[nH]c2ccccc12)C(=O)NC(Cc1c[nH]c2ccccc12)C(=O)O. The number of rotatable bonds is 13. The maximum absolute atomic E-state index is 13.6. The van der Waals surface area contributed by atoms with Crippen molar-refractivity contribution in [2.24, 2.45) is 11.5 Å². The Balaban J connectivity index is 1.60. The van der Waals surface area contributed by atoms with E-state index in [-0.39, 0.29) is 12.8 Å². The molecule has 13 heteroatoms. The first-order valence-corrected chi connectivity index (χ1v) is 13.3. The van der Waals surface area contributed by atoms with Crippen LogP contribution >= 0.6 is 0 Å². The number of primary amides is 1. The second-order valence-electron chi connectivity index (χ2n) is 10.1. The summed E-state index contributed by atoms with van der Waals surface area (Å²) in [6.07, 6.45) is 2.80. The van der Waals surface area contributed by atoms with Crippen molar-refractivity contribution in [2.75, 3.05) is 0 Å². The van der Waals surface area contributed by atoms with E-state index in [2.05, 4.69) is 25.9 Å². The van der Waals surface area contributed by atoms with Gasteiger partial charge in [0.15, 0.2) is 0 Å². The number of nitrogens with two attached hydrogens (primary N) is 2. The smallest absolute Gasteiger partial charge is 0.326 e. The number of amides is 4. The summed E-state index contributed by atoms with van der Waals surface area (Å²) in [6, 6.07) is 9.75. The van der Waals surface area contributed by atoms with Crippen LogP contribution < -0.4 is 27.4 Å². The van der Waals surface area contributed by atoms with Crippen molar-refractivity contribution in [1.29, 1.82) is 0 Å². The summed E-state index contributed by atoms with van der Waals surface area (Å²) in [6.45, 7) is 1.40. The van der Waals surface area contributed by atoms with Crippen molar-refractivity contribution < 1.29 is 29.1 Å². The van der Waals surface area contributed by atoms with Crippen molar-refractivity contribution in [1.82, 2.24) is 25.9 Å². The van der Waals surface area contributed by atoms with E-state index in [1.54, 1.807) is 12.4 Å². The molecule has 4 amide bonds. The first-order chi connectivity index (χ1) is 20.0. The first-order valence-electron chi connectivity index (χ1n) is 13.3. The summed E-state index contributed by atoms with van der Waals surface area (Å²) >= 11 is 0. The molecule has 0 aliphatic carbocycles. The molecular formula is C29H33N7O6. The highest BCUT2D eigenvalue weighted by Crippen LogP contribution is 2.21. The van der Waals surface area contributed by atoms with Gasteiger partial charge in [0.2, 0.25) is 23.6 Å². The number of fused-ring (bicyclic) bond motifs is 2. The molecule has 4 atom stereocenters. The molecule has 0 bridgehead atoms. The fourth-order valence-corrected chi connectivity index (χ4v) is 4.71. The predicted octanol–water partition coefficient (Wildman–Crippen LogP) is 0.196. The van der Waals surface area contributed by atoms with E-state index in [1.807, 2.05) is 48.5 Å². The Morgan fingerprint density at radius 2 is 1.19 bits per heavy atom. The highest BCUT2D eigenvalue weighted by molar-refractivity contribution is 5.97. The standard InChI is InChI=1S/C29H33N7O6/c1-15(30)26(38)34-23(12-25(31)37)28(40)35-22(10-16-13-32-20-8-4-2-6-18(16)20)27(39)36-24(29(41)42)11-17-14-33-21-9-5-3-7-19(17)21/h2-9,13-15,22-24,32-33H,10-12,30H2,1H3,(H2,31,37)(H,34,38)(H,35,40)(H,36,39)(H,41,42). The lowest BCUT2D eigenvalue weighted by Gasteiger charge is -2.24. The first kappa shape index (κ1) is 29.8. The molecular weight excluding hydrogens is 542 g/mol. The van der Waals surface area contributed by atoms with Gasteiger partial charge in [-0.05, 0) is 30.2 Å². The summed E-state index contributed by atoms with van der Waals surface area (Å²) in [5.74, 6) is -4.44. The summed E-state index contributed by atoms with van der Waals surface area (Å²) in [5.41, 5.74) is 13.9. The van der Waals surface area contributed by atoms with E-state index in [4.69, 9.17) is 11.5 Å². The van der Waals surface area contributed by atoms with Gasteiger partial charge in [0.05, 0.1) is 12.5 Å². The maximum Gasteiger partial charge on any atom is 0.326 e. The van der Waals surface area contributed by atoms with Gasteiger partial charge in [-0.3, -0.25) is 19.2 Å². The van der Waals surface area contributed by atoms with Crippen molar-refractivity contribution in [3.8, 4) is 0 Å². The Kier molecular flexibility index (Phi) is 9.22. The number of benzene rings is 2.